The lowest BCUT2D eigenvalue weighted by atomic mass is 10.1. The molecule has 0 atom stereocenters. The van der Waals surface area contributed by atoms with Crippen LogP contribution in [0.3, 0.4) is 0 Å². The van der Waals surface area contributed by atoms with E-state index in [-0.39, 0.29) is 28.6 Å². The molecule has 0 unspecified atom stereocenters. The predicted molar refractivity (Wildman–Crippen MR) is 135 cm³/mol. The first-order valence-electron chi connectivity index (χ1n) is 11.9. The summed E-state index contributed by atoms with van der Waals surface area (Å²) in [6.45, 7) is 4.32. The minimum absolute atomic E-state index is 0.0393. The fraction of sp³-hybridized carbons (Fsp3) is 0.296. The van der Waals surface area contributed by atoms with Crippen molar-refractivity contribution in [2.45, 2.75) is 39.7 Å². The molecule has 9 nitrogen and oxygen atoms in total. The summed E-state index contributed by atoms with van der Waals surface area (Å²) in [5, 5.41) is 0.245. The molecule has 0 N–H and O–H groups in total. The molecule has 1 amide bonds. The molecule has 0 bridgehead atoms. The molecule has 4 rings (SSSR count). The molecule has 0 aliphatic carbocycles. The largest absolute Gasteiger partial charge is 0.497 e. The Morgan fingerprint density at radius 3 is 2.53 bits per heavy atom. The lowest BCUT2D eigenvalue weighted by Gasteiger charge is -2.15. The minimum atomic E-state index is -0.664. The van der Waals surface area contributed by atoms with Crippen molar-refractivity contribution in [3.63, 3.8) is 0 Å². The molecule has 0 saturated carbocycles. The van der Waals surface area contributed by atoms with Gasteiger partial charge >= 0.3 is 5.97 Å². The molecule has 4 aromatic rings. The van der Waals surface area contributed by atoms with Crippen molar-refractivity contribution in [3.8, 4) is 5.75 Å². The van der Waals surface area contributed by atoms with E-state index in [1.807, 2.05) is 0 Å². The first-order chi connectivity index (χ1) is 17.5. The van der Waals surface area contributed by atoms with Crippen molar-refractivity contribution in [2.75, 3.05) is 13.7 Å². The molecule has 1 aromatic carbocycles. The number of carbonyl (C=O) groups is 2. The number of hydrogen-bond acceptors (Lipinski definition) is 6. The molecular weight excluding hydrogens is 460 g/mol. The van der Waals surface area contributed by atoms with Gasteiger partial charge in [0.25, 0.3) is 11.5 Å². The summed E-state index contributed by atoms with van der Waals surface area (Å²) >= 11 is 0. The number of carbonyl (C=O) groups excluding carboxylic acids is 2. The fourth-order valence-electron chi connectivity index (χ4n) is 3.98. The second-order valence-corrected chi connectivity index (χ2v) is 8.19. The standard InChI is InChI=1S/C27H28N4O5/c1-4-6-8-16-31-23-20(26(33)30-15-9-7-10-22(30)28-23)17-21(27(34)36-5-2)24(31)29-25(32)18-11-13-19(35-3)14-12-18/h7,9-15,17H,4-6,8,16H2,1-3H3. The molecule has 0 aliphatic heterocycles. The highest BCUT2D eigenvalue weighted by Gasteiger charge is 2.20. The number of ether oxygens (including phenoxy) is 2. The SMILES string of the molecule is CCCCCn1c(=NC(=O)c2ccc(OC)cc2)c(C(=O)OCC)cc2c(=O)n3ccccc3nc21. The maximum Gasteiger partial charge on any atom is 0.341 e. The van der Waals surface area contributed by atoms with Gasteiger partial charge in [-0.1, -0.05) is 25.8 Å². The van der Waals surface area contributed by atoms with Crippen LogP contribution >= 0.6 is 0 Å². The van der Waals surface area contributed by atoms with Gasteiger partial charge in [0.2, 0.25) is 0 Å². The van der Waals surface area contributed by atoms with Gasteiger partial charge in [-0.3, -0.25) is 14.0 Å². The monoisotopic (exact) mass is 488 g/mol. The van der Waals surface area contributed by atoms with E-state index >= 15 is 0 Å². The number of rotatable bonds is 8. The van der Waals surface area contributed by atoms with Crippen molar-refractivity contribution in [2.24, 2.45) is 4.99 Å². The number of benzene rings is 1. The third-order valence-electron chi connectivity index (χ3n) is 5.81. The number of hydrogen-bond donors (Lipinski definition) is 0. The second kappa shape index (κ2) is 11.0. The number of aryl methyl sites for hydroxylation is 1. The van der Waals surface area contributed by atoms with Gasteiger partial charge in [-0.15, -0.1) is 0 Å². The van der Waals surface area contributed by atoms with Crippen molar-refractivity contribution < 1.29 is 19.1 Å². The first-order valence-corrected chi connectivity index (χ1v) is 11.9. The molecule has 9 heteroatoms. The van der Waals surface area contributed by atoms with Crippen LogP contribution in [0.5, 0.6) is 5.75 Å². The van der Waals surface area contributed by atoms with Gasteiger partial charge in [0, 0.05) is 18.3 Å². The second-order valence-electron chi connectivity index (χ2n) is 8.19. The number of esters is 1. The Morgan fingerprint density at radius 2 is 1.83 bits per heavy atom. The van der Waals surface area contributed by atoms with Crippen LogP contribution < -0.4 is 15.8 Å². The molecule has 3 aromatic heterocycles. The Balaban J connectivity index is 2.05. The zero-order chi connectivity index (χ0) is 25.7. The summed E-state index contributed by atoms with van der Waals surface area (Å²) in [7, 11) is 1.54. The molecule has 0 spiro atoms. The number of amides is 1. The molecule has 0 aliphatic rings. The summed E-state index contributed by atoms with van der Waals surface area (Å²) in [5.41, 5.74) is 0.977. The normalized spacial score (nSPS) is 11.7. The number of pyridine rings is 2. The summed E-state index contributed by atoms with van der Waals surface area (Å²) in [6, 6.07) is 13.2. The van der Waals surface area contributed by atoms with E-state index in [0.29, 0.717) is 29.2 Å². The zero-order valence-electron chi connectivity index (χ0n) is 20.6. The van der Waals surface area contributed by atoms with Gasteiger partial charge in [-0.2, -0.15) is 4.99 Å². The number of methoxy groups -OCH3 is 1. The zero-order valence-corrected chi connectivity index (χ0v) is 20.6. The van der Waals surface area contributed by atoms with Gasteiger partial charge in [-0.25, -0.2) is 9.78 Å². The van der Waals surface area contributed by atoms with Crippen LogP contribution in [0.15, 0.2) is 64.5 Å². The van der Waals surface area contributed by atoms with E-state index in [9.17, 15) is 14.4 Å². The average molecular weight is 489 g/mol. The molecule has 0 saturated heterocycles. The van der Waals surface area contributed by atoms with Crippen LogP contribution in [0.2, 0.25) is 0 Å². The van der Waals surface area contributed by atoms with Crippen LogP contribution in [-0.4, -0.2) is 39.5 Å². The molecule has 36 heavy (non-hydrogen) atoms. The van der Waals surface area contributed by atoms with Gasteiger partial charge in [0.1, 0.15) is 22.6 Å². The summed E-state index contributed by atoms with van der Waals surface area (Å²) < 4.78 is 13.6. The fourth-order valence-corrected chi connectivity index (χ4v) is 3.98. The van der Waals surface area contributed by atoms with E-state index in [1.54, 1.807) is 67.3 Å². The topological polar surface area (TPSA) is 104 Å². The summed E-state index contributed by atoms with van der Waals surface area (Å²) in [5.74, 6) is -0.595. The smallest absolute Gasteiger partial charge is 0.341 e. The van der Waals surface area contributed by atoms with Crippen molar-refractivity contribution >= 4 is 28.6 Å². The number of aromatic nitrogens is 3. The van der Waals surface area contributed by atoms with Crippen molar-refractivity contribution in [3.05, 3.63) is 81.7 Å². The van der Waals surface area contributed by atoms with E-state index in [4.69, 9.17) is 14.5 Å². The van der Waals surface area contributed by atoms with E-state index in [1.165, 1.54) is 10.5 Å². The van der Waals surface area contributed by atoms with Crippen LogP contribution in [-0.2, 0) is 11.3 Å². The summed E-state index contributed by atoms with van der Waals surface area (Å²) in [4.78, 5) is 48.6. The van der Waals surface area contributed by atoms with E-state index in [0.717, 1.165) is 19.3 Å². The molecule has 0 fully saturated rings. The Bertz CT molecular complexity index is 1550. The lowest BCUT2D eigenvalue weighted by Crippen LogP contribution is -2.33. The highest BCUT2D eigenvalue weighted by molar-refractivity contribution is 5.97. The molecule has 0 radical (unpaired) electrons. The first kappa shape index (κ1) is 24.8. The summed E-state index contributed by atoms with van der Waals surface area (Å²) in [6.07, 6.45) is 4.25. The molecule has 3 heterocycles. The Hall–Kier alpha value is -4.27. The number of nitrogens with zero attached hydrogens (tertiary/aromatic N) is 4. The van der Waals surface area contributed by atoms with Gasteiger partial charge in [0.05, 0.1) is 19.1 Å². The highest BCUT2D eigenvalue weighted by atomic mass is 16.5. The van der Waals surface area contributed by atoms with Crippen LogP contribution in [0.25, 0.3) is 16.7 Å². The van der Waals surface area contributed by atoms with Crippen LogP contribution in [0.1, 0.15) is 53.8 Å². The third kappa shape index (κ3) is 4.91. The third-order valence-corrected chi connectivity index (χ3v) is 5.81. The van der Waals surface area contributed by atoms with Gasteiger partial charge in [0.15, 0.2) is 5.49 Å². The quantitative estimate of drug-likeness (QED) is 0.212. The number of unbranched alkanes of at least 4 members (excludes halogenated alkanes) is 2. The maximum absolute atomic E-state index is 13.4. The Labute approximate surface area is 207 Å². The number of fused-ring (bicyclic) bond motifs is 2. The molecular formula is C27H28N4O5. The minimum Gasteiger partial charge on any atom is -0.497 e. The lowest BCUT2D eigenvalue weighted by molar-refractivity contribution is 0.0523. The van der Waals surface area contributed by atoms with Crippen molar-refractivity contribution in [1.82, 2.24) is 14.0 Å². The van der Waals surface area contributed by atoms with Crippen LogP contribution in [0, 0.1) is 0 Å². The van der Waals surface area contributed by atoms with E-state index < -0.39 is 11.9 Å². The highest BCUT2D eigenvalue weighted by Crippen LogP contribution is 2.15. The molecule has 186 valence electrons. The predicted octanol–water partition coefficient (Wildman–Crippen LogP) is 3.77. The van der Waals surface area contributed by atoms with Crippen LogP contribution in [0.4, 0.5) is 0 Å². The Morgan fingerprint density at radius 1 is 1.06 bits per heavy atom. The van der Waals surface area contributed by atoms with E-state index in [2.05, 4.69) is 11.9 Å². The maximum atomic E-state index is 13.4. The van der Waals surface area contributed by atoms with Gasteiger partial charge < -0.3 is 14.0 Å². The van der Waals surface area contributed by atoms with Gasteiger partial charge in [-0.05, 0) is 55.8 Å². The average Bonchev–Trinajstić information content (AvgIpc) is 2.90. The van der Waals surface area contributed by atoms with Crippen molar-refractivity contribution in [1.29, 1.82) is 0 Å². The Kier molecular flexibility index (Phi) is 7.58.